The molecule has 0 radical (unpaired) electrons. The fraction of sp³-hybridized carbons (Fsp3) is 0.320. The van der Waals surface area contributed by atoms with Gasteiger partial charge in [-0.15, -0.1) is 0 Å². The van der Waals surface area contributed by atoms with E-state index < -0.39 is 35.1 Å². The predicted molar refractivity (Wildman–Crippen MR) is 134 cm³/mol. The molecule has 0 saturated carbocycles. The number of alkyl halides is 4. The zero-order chi connectivity index (χ0) is 26.5. The highest BCUT2D eigenvalue weighted by molar-refractivity contribution is 8.18. The van der Waals surface area contributed by atoms with Crippen LogP contribution in [-0.4, -0.2) is 51.5 Å². The number of hydrogen-bond donors (Lipinski definition) is 2. The lowest BCUT2D eigenvalue weighted by Gasteiger charge is -2.32. The van der Waals surface area contributed by atoms with Crippen LogP contribution < -0.4 is 5.32 Å². The van der Waals surface area contributed by atoms with E-state index in [2.05, 4.69) is 15.5 Å². The molecule has 2 saturated heterocycles. The lowest BCUT2D eigenvalue weighted by Crippen LogP contribution is -2.52. The van der Waals surface area contributed by atoms with Crippen molar-refractivity contribution in [1.82, 2.24) is 20.4 Å². The van der Waals surface area contributed by atoms with Crippen LogP contribution in [0.25, 0.3) is 16.5 Å². The van der Waals surface area contributed by atoms with E-state index >= 15 is 0 Å². The zero-order valence-electron chi connectivity index (χ0n) is 19.5. The Labute approximate surface area is 218 Å². The summed E-state index contributed by atoms with van der Waals surface area (Å²) in [6.07, 6.45) is -6.18. The van der Waals surface area contributed by atoms with Crippen molar-refractivity contribution in [3.63, 3.8) is 0 Å². The van der Waals surface area contributed by atoms with Crippen LogP contribution in [0.3, 0.4) is 0 Å². The summed E-state index contributed by atoms with van der Waals surface area (Å²) in [5, 5.41) is 9.92. The summed E-state index contributed by atoms with van der Waals surface area (Å²) < 4.78 is 56.4. The number of aromatic amines is 1. The number of H-pyrrole nitrogens is 1. The van der Waals surface area contributed by atoms with Gasteiger partial charge in [-0.05, 0) is 79.0 Å². The van der Waals surface area contributed by atoms with Crippen molar-refractivity contribution in [2.75, 3.05) is 13.1 Å². The van der Waals surface area contributed by atoms with E-state index in [1.54, 1.807) is 25.1 Å². The minimum Gasteiger partial charge on any atom is -0.314 e. The van der Waals surface area contributed by atoms with E-state index in [9.17, 15) is 27.2 Å². The van der Waals surface area contributed by atoms with Gasteiger partial charge >= 0.3 is 6.18 Å². The van der Waals surface area contributed by atoms with Gasteiger partial charge in [0.25, 0.3) is 11.1 Å². The summed E-state index contributed by atoms with van der Waals surface area (Å²) in [6, 6.07) is 7.62. The van der Waals surface area contributed by atoms with Crippen molar-refractivity contribution < 1.29 is 27.2 Å². The monoisotopic (exact) mass is 552 g/mol. The number of nitrogens with zero attached hydrogens (tertiary/aromatic N) is 2. The smallest absolute Gasteiger partial charge is 0.314 e. The molecule has 194 valence electrons. The van der Waals surface area contributed by atoms with E-state index in [4.69, 9.17) is 11.6 Å². The average Bonchev–Trinajstić information content (AvgIpc) is 3.36. The van der Waals surface area contributed by atoms with Gasteiger partial charge in [-0.2, -0.15) is 18.3 Å². The number of allylic oxidation sites excluding steroid dienone is 1. The molecule has 2 aliphatic heterocycles. The molecule has 6 nitrogen and oxygen atoms in total. The molecule has 2 aliphatic rings. The Hall–Kier alpha value is -2.89. The number of benzene rings is 2. The molecular weight excluding hydrogens is 532 g/mol. The first-order valence-electron chi connectivity index (χ1n) is 11.5. The second-order valence-electron chi connectivity index (χ2n) is 8.97. The number of aromatic nitrogens is 2. The van der Waals surface area contributed by atoms with E-state index in [0.29, 0.717) is 35.1 Å². The van der Waals surface area contributed by atoms with Crippen LogP contribution in [0.15, 0.2) is 41.3 Å². The van der Waals surface area contributed by atoms with E-state index in [1.807, 2.05) is 0 Å². The second-order valence-corrected chi connectivity index (χ2v) is 10.4. The third-order valence-electron chi connectivity index (χ3n) is 6.62. The molecule has 2 fully saturated rings. The van der Waals surface area contributed by atoms with Crippen LogP contribution >= 0.6 is 23.4 Å². The Morgan fingerprint density at radius 3 is 2.73 bits per heavy atom. The molecule has 0 bridgehead atoms. The molecule has 0 aliphatic carbocycles. The topological polar surface area (TPSA) is 78.1 Å². The highest BCUT2D eigenvalue weighted by Crippen LogP contribution is 2.43. The number of hydrogen-bond acceptors (Lipinski definition) is 5. The van der Waals surface area contributed by atoms with Crippen LogP contribution in [0.4, 0.5) is 22.4 Å². The number of fused-ring (bicyclic) bond motifs is 1. The minimum absolute atomic E-state index is 0.00838. The molecule has 12 heteroatoms. The largest absolute Gasteiger partial charge is 0.416 e. The highest BCUT2D eigenvalue weighted by atomic mass is 35.5. The van der Waals surface area contributed by atoms with Gasteiger partial charge in [0.15, 0.2) is 0 Å². The third kappa shape index (κ3) is 4.87. The number of amides is 2. The summed E-state index contributed by atoms with van der Waals surface area (Å²) in [6.45, 7) is 2.22. The number of carbonyl (C=O) groups excluding carboxylic acids is 2. The average molecular weight is 553 g/mol. The Balaban J connectivity index is 1.66. The minimum atomic E-state index is -4.69. The Bertz CT molecular complexity index is 1440. The first kappa shape index (κ1) is 25.7. The molecule has 5 rings (SSSR count). The Kier molecular flexibility index (Phi) is 6.80. The van der Waals surface area contributed by atoms with Gasteiger partial charge in [-0.25, -0.2) is 4.39 Å². The number of nitrogens with one attached hydrogen (secondary N) is 2. The Morgan fingerprint density at radius 2 is 2.00 bits per heavy atom. The van der Waals surface area contributed by atoms with Crippen molar-refractivity contribution in [3.8, 4) is 0 Å². The van der Waals surface area contributed by atoms with E-state index in [-0.39, 0.29) is 40.5 Å². The summed E-state index contributed by atoms with van der Waals surface area (Å²) in [4.78, 5) is 27.4. The fourth-order valence-corrected chi connectivity index (χ4v) is 5.91. The highest BCUT2D eigenvalue weighted by Gasteiger charge is 2.45. The van der Waals surface area contributed by atoms with Crippen molar-refractivity contribution >= 4 is 51.0 Å². The van der Waals surface area contributed by atoms with Gasteiger partial charge < -0.3 is 5.32 Å². The molecule has 2 N–H and O–H groups in total. The number of carbonyl (C=O) groups is 2. The summed E-state index contributed by atoms with van der Waals surface area (Å²) in [5.74, 6) is -0.703. The van der Waals surface area contributed by atoms with Crippen molar-refractivity contribution in [1.29, 1.82) is 0 Å². The van der Waals surface area contributed by atoms with Gasteiger partial charge in [0.1, 0.15) is 6.17 Å². The molecule has 3 aromatic rings. The van der Waals surface area contributed by atoms with E-state index in [1.165, 1.54) is 12.1 Å². The predicted octanol–water partition coefficient (Wildman–Crippen LogP) is 5.89. The quantitative estimate of drug-likeness (QED) is 0.312. The van der Waals surface area contributed by atoms with Gasteiger partial charge in [0.2, 0.25) is 0 Å². The first-order valence-corrected chi connectivity index (χ1v) is 12.7. The standard InChI is InChI=1S/C25H21ClF4N4O2S/c1-12-16-8-13(3-5-20(16)33-32-12)17(9-14-2-4-15(26)10-18(14)25(28,29)30)22-23(35)34(24(36)37-22)21-6-7-31-11-19(21)27/h2-5,8,10,19,21,31H,6-7,9,11H2,1H3,(H,32,33)/b22-17-/t19-,21-/m0/s1. The number of rotatable bonds is 4. The van der Waals surface area contributed by atoms with Crippen LogP contribution in [0.1, 0.15) is 28.8 Å². The molecule has 37 heavy (non-hydrogen) atoms. The Morgan fingerprint density at radius 1 is 1.22 bits per heavy atom. The first-order chi connectivity index (χ1) is 17.5. The summed E-state index contributed by atoms with van der Waals surface area (Å²) in [7, 11) is 0. The van der Waals surface area contributed by atoms with Crippen molar-refractivity contribution in [2.45, 2.75) is 38.2 Å². The van der Waals surface area contributed by atoms with Crippen molar-refractivity contribution in [2.24, 2.45) is 0 Å². The summed E-state index contributed by atoms with van der Waals surface area (Å²) >= 11 is 6.49. The number of imide groups is 1. The normalized spacial score (nSPS) is 22.3. The molecular formula is C25H21ClF4N4O2S. The third-order valence-corrected chi connectivity index (χ3v) is 7.86. The molecule has 3 heterocycles. The van der Waals surface area contributed by atoms with E-state index in [0.717, 1.165) is 16.4 Å². The number of thioether (sulfide) groups is 1. The number of piperidine rings is 1. The van der Waals surface area contributed by atoms with Crippen LogP contribution in [0.2, 0.25) is 5.02 Å². The van der Waals surface area contributed by atoms with Crippen molar-refractivity contribution in [3.05, 3.63) is 68.7 Å². The van der Waals surface area contributed by atoms with Gasteiger partial charge in [-0.1, -0.05) is 23.7 Å². The molecule has 2 aromatic carbocycles. The van der Waals surface area contributed by atoms with Gasteiger partial charge in [0.05, 0.1) is 27.7 Å². The SMILES string of the molecule is Cc1n[nH]c2ccc(/C(Cc3ccc(Cl)cc3C(F)(F)F)=C3\SC(=O)N([C@H]4CCNC[C@@H]4F)C3=O)cc12. The van der Waals surface area contributed by atoms with Crippen LogP contribution in [0, 0.1) is 6.92 Å². The van der Waals surface area contributed by atoms with Crippen LogP contribution in [-0.2, 0) is 17.4 Å². The molecule has 1 aromatic heterocycles. The molecule has 0 unspecified atom stereocenters. The lowest BCUT2D eigenvalue weighted by molar-refractivity contribution is -0.138. The molecule has 2 amide bonds. The number of aryl methyl sites for hydroxylation is 1. The second kappa shape index (κ2) is 9.77. The number of halogens is 5. The molecule has 2 atom stereocenters. The maximum atomic E-state index is 14.7. The zero-order valence-corrected chi connectivity index (χ0v) is 21.0. The molecule has 0 spiro atoms. The fourth-order valence-electron chi connectivity index (χ4n) is 4.75. The maximum Gasteiger partial charge on any atom is 0.416 e. The van der Waals surface area contributed by atoms with Gasteiger partial charge in [0, 0.05) is 17.0 Å². The van der Waals surface area contributed by atoms with Gasteiger partial charge in [-0.3, -0.25) is 19.6 Å². The maximum absolute atomic E-state index is 14.7. The lowest BCUT2D eigenvalue weighted by atomic mass is 9.93. The van der Waals surface area contributed by atoms with Crippen LogP contribution in [0.5, 0.6) is 0 Å². The summed E-state index contributed by atoms with van der Waals surface area (Å²) in [5.41, 5.74) is 1.05.